The van der Waals surface area contributed by atoms with E-state index in [0.717, 1.165) is 22.0 Å². The first-order valence-corrected chi connectivity index (χ1v) is 9.13. The third-order valence-electron chi connectivity index (χ3n) is 3.85. The average molecular weight is 348 g/mol. The summed E-state index contributed by atoms with van der Waals surface area (Å²) in [5, 5.41) is 4.58. The highest BCUT2D eigenvalue weighted by molar-refractivity contribution is 5.59. The standard InChI is InChI=1S/C24H28O2/c1-23(2,3)25-18-15-17-11-7-8-12-19(17)20-13-9-10-14-21(20)22(16-18)26-24(4,5)6/h7-16H,1-6H3/b17-15-,18-15?,18-16+,20-19-,22-16?,22-21+. The van der Waals surface area contributed by atoms with Crippen LogP contribution >= 0.6 is 0 Å². The minimum Gasteiger partial charge on any atom is -0.488 e. The normalized spacial score (nSPS) is 21.0. The predicted octanol–water partition coefficient (Wildman–Crippen LogP) is 4.39. The summed E-state index contributed by atoms with van der Waals surface area (Å²) < 4.78 is 12.6. The molecule has 0 heterocycles. The second-order valence-electron chi connectivity index (χ2n) is 8.62. The van der Waals surface area contributed by atoms with Gasteiger partial charge in [0, 0.05) is 11.3 Å². The molecule has 0 N–H and O–H groups in total. The van der Waals surface area contributed by atoms with E-state index in [0.29, 0.717) is 0 Å². The van der Waals surface area contributed by atoms with Gasteiger partial charge in [-0.1, -0.05) is 48.5 Å². The van der Waals surface area contributed by atoms with Crippen molar-refractivity contribution in [1.29, 1.82) is 0 Å². The lowest BCUT2D eigenvalue weighted by Crippen LogP contribution is -2.25. The topological polar surface area (TPSA) is 18.5 Å². The molecule has 0 bridgehead atoms. The van der Waals surface area contributed by atoms with Crippen molar-refractivity contribution in [1.82, 2.24) is 0 Å². The van der Waals surface area contributed by atoms with Crippen LogP contribution in [0.1, 0.15) is 41.5 Å². The maximum Gasteiger partial charge on any atom is 0.131 e. The highest BCUT2D eigenvalue weighted by atomic mass is 16.5. The average Bonchev–Trinajstić information content (AvgIpc) is 2.51. The molecule has 0 saturated heterocycles. The first-order chi connectivity index (χ1) is 12.1. The monoisotopic (exact) mass is 348 g/mol. The van der Waals surface area contributed by atoms with Crippen LogP contribution in [0.15, 0.2) is 60.4 Å². The molecule has 0 amide bonds. The third-order valence-corrected chi connectivity index (χ3v) is 3.85. The Kier molecular flexibility index (Phi) is 4.70. The van der Waals surface area contributed by atoms with Crippen molar-refractivity contribution in [2.24, 2.45) is 0 Å². The van der Waals surface area contributed by atoms with Crippen LogP contribution in [0.25, 0.3) is 11.8 Å². The molecule has 2 nitrogen and oxygen atoms in total. The fraction of sp³-hybridized carbons (Fsp3) is 0.333. The number of hydrogen-bond acceptors (Lipinski definition) is 2. The van der Waals surface area contributed by atoms with Gasteiger partial charge in [-0.15, -0.1) is 0 Å². The molecule has 0 aromatic heterocycles. The summed E-state index contributed by atoms with van der Waals surface area (Å²) in [6, 6.07) is 16.8. The van der Waals surface area contributed by atoms with Crippen molar-refractivity contribution in [3.63, 3.8) is 0 Å². The summed E-state index contributed by atoms with van der Waals surface area (Å²) >= 11 is 0. The van der Waals surface area contributed by atoms with E-state index in [1.54, 1.807) is 0 Å². The Hall–Kier alpha value is -2.48. The molecule has 0 spiro atoms. The molecule has 2 aromatic rings. The highest BCUT2D eigenvalue weighted by Crippen LogP contribution is 2.21. The Morgan fingerprint density at radius 3 is 1.73 bits per heavy atom. The predicted molar refractivity (Wildman–Crippen MR) is 107 cm³/mol. The van der Waals surface area contributed by atoms with Crippen LogP contribution in [0.2, 0.25) is 0 Å². The fourth-order valence-corrected chi connectivity index (χ4v) is 3.03. The van der Waals surface area contributed by atoms with Gasteiger partial charge in [-0.05, 0) is 63.3 Å². The number of hydrogen-bond donors (Lipinski definition) is 0. The highest BCUT2D eigenvalue weighted by Gasteiger charge is 2.17. The molecule has 0 unspecified atom stereocenters. The van der Waals surface area contributed by atoms with E-state index in [-0.39, 0.29) is 11.2 Å². The van der Waals surface area contributed by atoms with Gasteiger partial charge in [0.1, 0.15) is 22.7 Å². The Bertz CT molecular complexity index is 1040. The van der Waals surface area contributed by atoms with Crippen molar-refractivity contribution in [3.05, 3.63) is 81.2 Å². The van der Waals surface area contributed by atoms with Gasteiger partial charge in [-0.2, -0.15) is 0 Å². The van der Waals surface area contributed by atoms with E-state index >= 15 is 0 Å². The van der Waals surface area contributed by atoms with Crippen molar-refractivity contribution in [2.45, 2.75) is 52.7 Å². The molecule has 136 valence electrons. The molecule has 26 heavy (non-hydrogen) atoms. The summed E-state index contributed by atoms with van der Waals surface area (Å²) in [7, 11) is 0. The van der Waals surface area contributed by atoms with Gasteiger partial charge in [-0.3, -0.25) is 0 Å². The number of ether oxygens (including phenoxy) is 2. The molecule has 0 radical (unpaired) electrons. The molecule has 3 rings (SSSR count). The Balaban J connectivity index is 2.45. The van der Waals surface area contributed by atoms with Crippen LogP contribution in [0, 0.1) is 10.4 Å². The zero-order valence-electron chi connectivity index (χ0n) is 16.6. The molecule has 0 saturated carbocycles. The van der Waals surface area contributed by atoms with Gasteiger partial charge < -0.3 is 9.47 Å². The van der Waals surface area contributed by atoms with Gasteiger partial charge >= 0.3 is 0 Å². The second-order valence-corrected chi connectivity index (χ2v) is 8.62. The maximum absolute atomic E-state index is 6.34. The van der Waals surface area contributed by atoms with Crippen molar-refractivity contribution in [2.75, 3.05) is 0 Å². The number of allylic oxidation sites excluding steroid dienone is 1. The summed E-state index contributed by atoms with van der Waals surface area (Å²) in [5.41, 5.74) is -0.590. The Labute approximate surface area is 155 Å². The quantitative estimate of drug-likeness (QED) is 0.801. The van der Waals surface area contributed by atoms with E-state index in [1.165, 1.54) is 10.4 Å². The molecule has 0 atom stereocenters. The third kappa shape index (κ3) is 4.37. The van der Waals surface area contributed by atoms with Crippen LogP contribution in [0.5, 0.6) is 0 Å². The molecular weight excluding hydrogens is 320 g/mol. The largest absolute Gasteiger partial charge is 0.488 e. The van der Waals surface area contributed by atoms with Crippen LogP contribution in [-0.2, 0) is 9.47 Å². The van der Waals surface area contributed by atoms with E-state index in [2.05, 4.69) is 96.1 Å². The Morgan fingerprint density at radius 2 is 1.12 bits per heavy atom. The molecule has 1 aliphatic rings. The van der Waals surface area contributed by atoms with Crippen LogP contribution in [0.3, 0.4) is 0 Å². The molecule has 2 aromatic carbocycles. The van der Waals surface area contributed by atoms with Gasteiger partial charge in [0.05, 0.1) is 0 Å². The zero-order chi connectivity index (χ0) is 18.9. The maximum atomic E-state index is 6.34. The van der Waals surface area contributed by atoms with Gasteiger partial charge in [-0.25, -0.2) is 0 Å². The van der Waals surface area contributed by atoms with Crippen molar-refractivity contribution in [3.8, 4) is 0 Å². The van der Waals surface area contributed by atoms with E-state index in [1.807, 2.05) is 6.08 Å². The minimum atomic E-state index is -0.301. The van der Waals surface area contributed by atoms with Crippen LogP contribution < -0.4 is 10.4 Å². The summed E-state index contributed by atoms with van der Waals surface area (Å²) in [5.74, 6) is 1.64. The van der Waals surface area contributed by atoms with Crippen molar-refractivity contribution >= 4 is 11.8 Å². The van der Waals surface area contributed by atoms with Crippen molar-refractivity contribution < 1.29 is 9.47 Å². The Morgan fingerprint density at radius 1 is 0.577 bits per heavy atom. The fourth-order valence-electron chi connectivity index (χ4n) is 3.03. The van der Waals surface area contributed by atoms with Gasteiger partial charge in [0.15, 0.2) is 0 Å². The lowest BCUT2D eigenvalue weighted by Gasteiger charge is -2.25. The van der Waals surface area contributed by atoms with E-state index in [4.69, 9.17) is 9.47 Å². The SMILES string of the molecule is CC(C)(C)OC1=C/C(OC(C)(C)C)=c2/cccc/c2=c2\cccc\c2=C\1. The lowest BCUT2D eigenvalue weighted by atomic mass is 10.1. The molecule has 0 fully saturated rings. The first-order valence-electron chi connectivity index (χ1n) is 9.13. The smallest absolute Gasteiger partial charge is 0.131 e. The number of benzene rings is 2. The van der Waals surface area contributed by atoms with Gasteiger partial charge in [0.2, 0.25) is 0 Å². The van der Waals surface area contributed by atoms with E-state index < -0.39 is 0 Å². The first kappa shape index (κ1) is 18.3. The zero-order valence-corrected chi connectivity index (χ0v) is 16.6. The minimum absolute atomic E-state index is 0.289. The number of fused-ring (bicyclic) bond motifs is 2. The summed E-state index contributed by atoms with van der Waals surface area (Å²) in [4.78, 5) is 0. The van der Waals surface area contributed by atoms with Crippen LogP contribution in [0.4, 0.5) is 0 Å². The van der Waals surface area contributed by atoms with Gasteiger partial charge in [0.25, 0.3) is 0 Å². The molecule has 0 aliphatic heterocycles. The summed E-state index contributed by atoms with van der Waals surface area (Å²) in [6.07, 6.45) is 4.12. The molecule has 2 heteroatoms. The molecule has 1 aliphatic carbocycles. The molecular formula is C24H28O2. The summed E-state index contributed by atoms with van der Waals surface area (Å²) in [6.45, 7) is 12.4. The lowest BCUT2D eigenvalue weighted by molar-refractivity contribution is 0.0612. The second kappa shape index (κ2) is 6.68. The van der Waals surface area contributed by atoms with Crippen LogP contribution in [-0.4, -0.2) is 11.2 Å². The number of rotatable bonds is 2. The van der Waals surface area contributed by atoms with E-state index in [9.17, 15) is 0 Å².